The molecule has 0 radical (unpaired) electrons. The van der Waals surface area contributed by atoms with Crippen molar-refractivity contribution in [2.75, 3.05) is 0 Å². The number of aliphatic hydroxyl groups excluding tert-OH is 1. The summed E-state index contributed by atoms with van der Waals surface area (Å²) < 4.78 is 1.89. The highest BCUT2D eigenvalue weighted by Gasteiger charge is 2.24. The van der Waals surface area contributed by atoms with Gasteiger partial charge in [0, 0.05) is 12.0 Å². The molecule has 0 amide bonds. The lowest BCUT2D eigenvalue weighted by Crippen LogP contribution is -2.20. The Morgan fingerprint density at radius 1 is 1.36 bits per heavy atom. The molecule has 0 aromatic carbocycles. The van der Waals surface area contributed by atoms with Gasteiger partial charge in [-0.25, -0.2) is 4.68 Å². The summed E-state index contributed by atoms with van der Waals surface area (Å²) in [6.07, 6.45) is 1.03. The van der Waals surface area contributed by atoms with E-state index in [9.17, 15) is 0 Å². The first kappa shape index (κ1) is 11.2. The molecule has 0 saturated heterocycles. The monoisotopic (exact) mass is 197 g/mol. The number of aliphatic hydroxyl groups is 1. The van der Waals surface area contributed by atoms with Crippen molar-refractivity contribution >= 4 is 0 Å². The molecule has 0 aliphatic rings. The standard InChI is InChI=1S/C10H19N3O/c1-5-6-13-9(10(2,3)4)8(7-14)11-12-13/h14H,5-7H2,1-4H3. The SMILES string of the molecule is CCCn1nnc(CO)c1C(C)(C)C. The van der Waals surface area contributed by atoms with Crippen molar-refractivity contribution in [1.82, 2.24) is 15.0 Å². The molecule has 0 unspecified atom stereocenters. The summed E-state index contributed by atoms with van der Waals surface area (Å²) in [5.74, 6) is 0. The molecule has 4 nitrogen and oxygen atoms in total. The number of hydrogen-bond acceptors (Lipinski definition) is 3. The van der Waals surface area contributed by atoms with Gasteiger partial charge < -0.3 is 5.11 Å². The van der Waals surface area contributed by atoms with Crippen LogP contribution < -0.4 is 0 Å². The average Bonchev–Trinajstić information content (AvgIpc) is 2.47. The first-order valence-corrected chi connectivity index (χ1v) is 5.04. The van der Waals surface area contributed by atoms with Crippen LogP contribution in [0.4, 0.5) is 0 Å². The second kappa shape index (κ2) is 4.09. The maximum Gasteiger partial charge on any atom is 0.112 e. The highest BCUT2D eigenvalue weighted by Crippen LogP contribution is 2.24. The van der Waals surface area contributed by atoms with Crippen LogP contribution in [0, 0.1) is 0 Å². The van der Waals surface area contributed by atoms with Crippen molar-refractivity contribution in [3.8, 4) is 0 Å². The van der Waals surface area contributed by atoms with Gasteiger partial charge >= 0.3 is 0 Å². The van der Waals surface area contributed by atoms with E-state index in [4.69, 9.17) is 5.11 Å². The van der Waals surface area contributed by atoms with Crippen LogP contribution in [-0.2, 0) is 18.6 Å². The van der Waals surface area contributed by atoms with Gasteiger partial charge in [0.05, 0.1) is 12.3 Å². The Labute approximate surface area is 84.9 Å². The third-order valence-electron chi connectivity index (χ3n) is 2.10. The fourth-order valence-corrected chi connectivity index (χ4v) is 1.64. The Bertz CT molecular complexity index is 299. The molecule has 14 heavy (non-hydrogen) atoms. The first-order valence-electron chi connectivity index (χ1n) is 5.04. The second-order valence-corrected chi connectivity index (χ2v) is 4.52. The maximum absolute atomic E-state index is 9.15. The molecule has 80 valence electrons. The largest absolute Gasteiger partial charge is 0.390 e. The van der Waals surface area contributed by atoms with Crippen molar-refractivity contribution in [2.24, 2.45) is 0 Å². The normalized spacial score (nSPS) is 12.1. The van der Waals surface area contributed by atoms with Crippen molar-refractivity contribution in [1.29, 1.82) is 0 Å². The van der Waals surface area contributed by atoms with Crippen LogP contribution in [0.1, 0.15) is 45.5 Å². The van der Waals surface area contributed by atoms with Crippen molar-refractivity contribution < 1.29 is 5.11 Å². The zero-order valence-electron chi connectivity index (χ0n) is 9.41. The summed E-state index contributed by atoms with van der Waals surface area (Å²) in [6.45, 7) is 9.26. The van der Waals surface area contributed by atoms with Crippen LogP contribution in [-0.4, -0.2) is 20.1 Å². The smallest absolute Gasteiger partial charge is 0.112 e. The second-order valence-electron chi connectivity index (χ2n) is 4.52. The summed E-state index contributed by atoms with van der Waals surface area (Å²) in [5, 5.41) is 17.2. The number of nitrogens with zero attached hydrogens (tertiary/aromatic N) is 3. The Balaban J connectivity index is 3.13. The zero-order chi connectivity index (χ0) is 10.8. The Morgan fingerprint density at radius 3 is 2.43 bits per heavy atom. The van der Waals surface area contributed by atoms with Gasteiger partial charge in [0.25, 0.3) is 0 Å². The van der Waals surface area contributed by atoms with Gasteiger partial charge in [0.2, 0.25) is 0 Å². The van der Waals surface area contributed by atoms with Crippen LogP contribution >= 0.6 is 0 Å². The summed E-state index contributed by atoms with van der Waals surface area (Å²) in [5.41, 5.74) is 1.73. The van der Waals surface area contributed by atoms with Crippen LogP contribution in [0.15, 0.2) is 0 Å². The highest BCUT2D eigenvalue weighted by molar-refractivity contribution is 5.18. The van der Waals surface area contributed by atoms with Gasteiger partial charge in [-0.05, 0) is 6.42 Å². The third kappa shape index (κ3) is 2.12. The summed E-state index contributed by atoms with van der Waals surface area (Å²) in [6, 6.07) is 0. The van der Waals surface area contributed by atoms with E-state index in [1.54, 1.807) is 0 Å². The molecule has 0 spiro atoms. The van der Waals surface area contributed by atoms with Gasteiger partial charge in [-0.3, -0.25) is 0 Å². The van der Waals surface area contributed by atoms with Crippen LogP contribution in [0.3, 0.4) is 0 Å². The molecule has 0 bridgehead atoms. The summed E-state index contributed by atoms with van der Waals surface area (Å²) >= 11 is 0. The molecule has 1 heterocycles. The molecule has 0 atom stereocenters. The summed E-state index contributed by atoms with van der Waals surface area (Å²) in [7, 11) is 0. The Morgan fingerprint density at radius 2 is 2.00 bits per heavy atom. The minimum absolute atomic E-state index is 0.0171. The fourth-order valence-electron chi connectivity index (χ4n) is 1.64. The van der Waals surface area contributed by atoms with Gasteiger partial charge in [-0.1, -0.05) is 32.9 Å². The number of rotatable bonds is 3. The van der Waals surface area contributed by atoms with E-state index >= 15 is 0 Å². The van der Waals surface area contributed by atoms with E-state index in [2.05, 4.69) is 38.0 Å². The minimum Gasteiger partial charge on any atom is -0.390 e. The third-order valence-corrected chi connectivity index (χ3v) is 2.10. The topological polar surface area (TPSA) is 50.9 Å². The lowest BCUT2D eigenvalue weighted by atomic mass is 9.90. The predicted octanol–water partition coefficient (Wildman–Crippen LogP) is 1.48. The van der Waals surface area contributed by atoms with E-state index in [1.165, 1.54) is 0 Å². The maximum atomic E-state index is 9.15. The first-order chi connectivity index (χ1) is 6.50. The van der Waals surface area contributed by atoms with Gasteiger partial charge in [0.1, 0.15) is 5.69 Å². The van der Waals surface area contributed by atoms with E-state index in [0.29, 0.717) is 5.69 Å². The van der Waals surface area contributed by atoms with Crippen molar-refractivity contribution in [2.45, 2.75) is 52.7 Å². The highest BCUT2D eigenvalue weighted by atomic mass is 16.3. The number of hydrogen-bond donors (Lipinski definition) is 1. The predicted molar refractivity (Wildman–Crippen MR) is 54.9 cm³/mol. The molecule has 1 aromatic rings. The van der Waals surface area contributed by atoms with Crippen LogP contribution in [0.25, 0.3) is 0 Å². The van der Waals surface area contributed by atoms with E-state index in [0.717, 1.165) is 18.7 Å². The molecule has 4 heteroatoms. The van der Waals surface area contributed by atoms with Gasteiger partial charge in [-0.15, -0.1) is 5.10 Å². The molecular formula is C10H19N3O. The molecule has 0 fully saturated rings. The molecule has 0 aliphatic carbocycles. The number of aromatic nitrogens is 3. The van der Waals surface area contributed by atoms with Crippen LogP contribution in [0.5, 0.6) is 0 Å². The number of aryl methyl sites for hydroxylation is 1. The zero-order valence-corrected chi connectivity index (χ0v) is 9.41. The minimum atomic E-state index is -0.0314. The van der Waals surface area contributed by atoms with E-state index in [-0.39, 0.29) is 12.0 Å². The Kier molecular flexibility index (Phi) is 3.26. The van der Waals surface area contributed by atoms with E-state index < -0.39 is 0 Å². The molecule has 0 aliphatic heterocycles. The quantitative estimate of drug-likeness (QED) is 0.798. The molecular weight excluding hydrogens is 178 g/mol. The fraction of sp³-hybridized carbons (Fsp3) is 0.800. The lowest BCUT2D eigenvalue weighted by Gasteiger charge is -2.20. The van der Waals surface area contributed by atoms with Crippen LogP contribution in [0.2, 0.25) is 0 Å². The van der Waals surface area contributed by atoms with Crippen molar-refractivity contribution in [3.05, 3.63) is 11.4 Å². The average molecular weight is 197 g/mol. The van der Waals surface area contributed by atoms with E-state index in [1.807, 2.05) is 4.68 Å². The summed E-state index contributed by atoms with van der Waals surface area (Å²) in [4.78, 5) is 0. The van der Waals surface area contributed by atoms with Crippen molar-refractivity contribution in [3.63, 3.8) is 0 Å². The van der Waals surface area contributed by atoms with Gasteiger partial charge in [0.15, 0.2) is 0 Å². The molecule has 1 N–H and O–H groups in total. The Hall–Kier alpha value is -0.900. The molecule has 1 rings (SSSR count). The lowest BCUT2D eigenvalue weighted by molar-refractivity contribution is 0.273. The molecule has 1 aromatic heterocycles. The molecule has 0 saturated carbocycles. The van der Waals surface area contributed by atoms with Gasteiger partial charge in [-0.2, -0.15) is 0 Å².